The van der Waals surface area contributed by atoms with Crippen LogP contribution in [-0.2, 0) is 6.42 Å². The molecule has 0 radical (unpaired) electrons. The van der Waals surface area contributed by atoms with E-state index in [0.717, 1.165) is 44.6 Å². The van der Waals surface area contributed by atoms with Gasteiger partial charge in [0.15, 0.2) is 11.6 Å². The number of aryl methyl sites for hydroxylation is 1. The van der Waals surface area contributed by atoms with Gasteiger partial charge in [0, 0.05) is 6.07 Å². The first-order chi connectivity index (χ1) is 16.4. The molecule has 2 saturated carbocycles. The summed E-state index contributed by atoms with van der Waals surface area (Å²) in [5.74, 6) is -2.16. The largest absolute Gasteiger partial charge is 0.423 e. The second-order valence-electron chi connectivity index (χ2n) is 9.64. The molecular formula is C29H31F3O2. The number of halogens is 3. The summed E-state index contributed by atoms with van der Waals surface area (Å²) in [5.41, 5.74) is 0.308. The number of rotatable bonds is 7. The van der Waals surface area contributed by atoms with E-state index in [9.17, 15) is 13.6 Å². The summed E-state index contributed by atoms with van der Waals surface area (Å²) in [6.07, 6.45) is 10.8. The lowest BCUT2D eigenvalue weighted by Crippen LogP contribution is -2.30. The van der Waals surface area contributed by atoms with Gasteiger partial charge in [0.05, 0.1) is 5.56 Å². The van der Waals surface area contributed by atoms with Crippen molar-refractivity contribution < 1.29 is 22.7 Å². The molecule has 2 aromatic rings. The molecule has 0 N–H and O–H groups in total. The van der Waals surface area contributed by atoms with Crippen molar-refractivity contribution >= 4 is 5.97 Å². The number of esters is 1. The van der Waals surface area contributed by atoms with Gasteiger partial charge in [-0.25, -0.2) is 18.0 Å². The molecule has 2 nitrogen and oxygen atoms in total. The SMILES string of the molecule is C=CCCc1ccc(OC(=O)c2ccc(C3CCC4CC(C=C)CCC4C3)c(F)c2F)cc1F. The number of carbonyl (C=O) groups is 1. The Morgan fingerprint density at radius 3 is 2.47 bits per heavy atom. The molecule has 2 fully saturated rings. The Kier molecular flexibility index (Phi) is 7.60. The maximum absolute atomic E-state index is 15.1. The predicted octanol–water partition coefficient (Wildman–Crippen LogP) is 7.93. The van der Waals surface area contributed by atoms with Crippen LogP contribution in [0.15, 0.2) is 55.6 Å². The summed E-state index contributed by atoms with van der Waals surface area (Å²) in [4.78, 5) is 12.5. The summed E-state index contributed by atoms with van der Waals surface area (Å²) >= 11 is 0. The lowest BCUT2D eigenvalue weighted by molar-refractivity contribution is 0.0728. The number of benzene rings is 2. The normalized spacial score (nSPS) is 24.2. The van der Waals surface area contributed by atoms with Crippen LogP contribution in [0.25, 0.3) is 0 Å². The smallest absolute Gasteiger partial charge is 0.346 e. The van der Waals surface area contributed by atoms with Crippen molar-refractivity contribution in [2.75, 3.05) is 0 Å². The van der Waals surface area contributed by atoms with Gasteiger partial charge < -0.3 is 4.74 Å². The van der Waals surface area contributed by atoms with Gasteiger partial charge in [-0.05, 0) is 98.3 Å². The molecule has 0 aromatic heterocycles. The van der Waals surface area contributed by atoms with Crippen molar-refractivity contribution in [1.82, 2.24) is 0 Å². The first kappa shape index (κ1) is 24.3. The van der Waals surface area contributed by atoms with Crippen LogP contribution < -0.4 is 4.74 Å². The Morgan fingerprint density at radius 2 is 1.74 bits per heavy atom. The Hall–Kier alpha value is -2.82. The van der Waals surface area contributed by atoms with E-state index in [1.165, 1.54) is 24.3 Å². The predicted molar refractivity (Wildman–Crippen MR) is 127 cm³/mol. The monoisotopic (exact) mass is 468 g/mol. The second kappa shape index (κ2) is 10.6. The van der Waals surface area contributed by atoms with Crippen molar-refractivity contribution in [1.29, 1.82) is 0 Å². The van der Waals surface area contributed by atoms with E-state index >= 15 is 4.39 Å². The van der Waals surface area contributed by atoms with Gasteiger partial charge in [0.25, 0.3) is 0 Å². The average Bonchev–Trinajstić information content (AvgIpc) is 2.84. The first-order valence-corrected chi connectivity index (χ1v) is 12.1. The summed E-state index contributed by atoms with van der Waals surface area (Å²) < 4.78 is 49.3. The number of hydrogen-bond acceptors (Lipinski definition) is 2. The standard InChI is InChI=1S/C29H31F3O2/c1-3-5-6-19-11-12-23(17-26(19)30)34-29(33)25-14-13-24(27(31)28(25)32)22-10-9-20-15-18(4-2)7-8-21(20)16-22/h3-4,11-14,17-18,20-22H,1-2,5-10,15-16H2. The Labute approximate surface area is 199 Å². The minimum Gasteiger partial charge on any atom is -0.423 e. The molecule has 2 aliphatic rings. The third-order valence-corrected chi connectivity index (χ3v) is 7.61. The minimum absolute atomic E-state index is 0.0535. The summed E-state index contributed by atoms with van der Waals surface area (Å²) in [6, 6.07) is 6.83. The fourth-order valence-corrected chi connectivity index (χ4v) is 5.67. The van der Waals surface area contributed by atoms with Gasteiger partial charge in [-0.1, -0.05) is 24.3 Å². The summed E-state index contributed by atoms with van der Waals surface area (Å²) in [7, 11) is 0. The number of fused-ring (bicyclic) bond motifs is 1. The zero-order valence-corrected chi connectivity index (χ0v) is 19.4. The van der Waals surface area contributed by atoms with Crippen molar-refractivity contribution in [2.24, 2.45) is 17.8 Å². The second-order valence-corrected chi connectivity index (χ2v) is 9.64. The molecule has 0 amide bonds. The van der Waals surface area contributed by atoms with Gasteiger partial charge in [-0.15, -0.1) is 13.2 Å². The summed E-state index contributed by atoms with van der Waals surface area (Å²) in [6.45, 7) is 7.53. The minimum atomic E-state index is -1.21. The van der Waals surface area contributed by atoms with Crippen LogP contribution >= 0.6 is 0 Å². The van der Waals surface area contributed by atoms with Crippen molar-refractivity contribution in [3.05, 3.63) is 89.8 Å². The lowest BCUT2D eigenvalue weighted by Gasteiger charge is -2.41. The Bertz CT molecular complexity index is 1080. The van der Waals surface area contributed by atoms with Crippen molar-refractivity contribution in [2.45, 2.75) is 57.3 Å². The van der Waals surface area contributed by atoms with Crippen LogP contribution in [0.4, 0.5) is 13.2 Å². The molecule has 4 atom stereocenters. The quantitative estimate of drug-likeness (QED) is 0.234. The highest BCUT2D eigenvalue weighted by molar-refractivity contribution is 5.91. The lowest BCUT2D eigenvalue weighted by atomic mass is 9.64. The molecule has 180 valence electrons. The molecule has 4 rings (SSSR count). The van der Waals surface area contributed by atoms with Crippen molar-refractivity contribution in [3.8, 4) is 5.75 Å². The van der Waals surface area contributed by atoms with Crippen LogP contribution in [0, 0.1) is 35.2 Å². The third kappa shape index (κ3) is 5.13. The number of carbonyl (C=O) groups excluding carboxylic acids is 1. The van der Waals surface area contributed by atoms with E-state index in [1.807, 2.05) is 6.08 Å². The zero-order chi connectivity index (χ0) is 24.2. The van der Waals surface area contributed by atoms with Crippen LogP contribution in [0.2, 0.25) is 0 Å². The van der Waals surface area contributed by atoms with E-state index < -0.39 is 29.0 Å². The fraction of sp³-hybridized carbons (Fsp3) is 0.414. The molecule has 0 saturated heterocycles. The zero-order valence-electron chi connectivity index (χ0n) is 19.4. The number of allylic oxidation sites excluding steroid dienone is 2. The average molecular weight is 469 g/mol. The topological polar surface area (TPSA) is 26.3 Å². The van der Waals surface area contributed by atoms with Gasteiger partial charge in [-0.3, -0.25) is 0 Å². The maximum Gasteiger partial charge on any atom is 0.346 e. The van der Waals surface area contributed by atoms with E-state index in [4.69, 9.17) is 4.74 Å². The van der Waals surface area contributed by atoms with Crippen molar-refractivity contribution in [3.63, 3.8) is 0 Å². The molecular weight excluding hydrogens is 437 g/mol. The molecule has 0 aliphatic heterocycles. The maximum atomic E-state index is 15.1. The number of ether oxygens (including phenoxy) is 1. The molecule has 2 aromatic carbocycles. The molecule has 0 heterocycles. The van der Waals surface area contributed by atoms with E-state index in [0.29, 0.717) is 41.7 Å². The highest BCUT2D eigenvalue weighted by atomic mass is 19.2. The fourth-order valence-electron chi connectivity index (χ4n) is 5.67. The van der Waals surface area contributed by atoms with Crippen LogP contribution in [-0.4, -0.2) is 5.97 Å². The van der Waals surface area contributed by atoms with E-state index in [-0.39, 0.29) is 11.7 Å². The molecule has 4 unspecified atom stereocenters. The Morgan fingerprint density at radius 1 is 0.971 bits per heavy atom. The number of hydrogen-bond donors (Lipinski definition) is 0. The molecule has 5 heteroatoms. The highest BCUT2D eigenvalue weighted by Gasteiger charge is 2.36. The molecule has 34 heavy (non-hydrogen) atoms. The Balaban J connectivity index is 1.45. The third-order valence-electron chi connectivity index (χ3n) is 7.61. The van der Waals surface area contributed by atoms with Gasteiger partial charge in [0.1, 0.15) is 11.6 Å². The van der Waals surface area contributed by atoms with Gasteiger partial charge in [0.2, 0.25) is 0 Å². The molecule has 0 bridgehead atoms. The van der Waals surface area contributed by atoms with Gasteiger partial charge >= 0.3 is 5.97 Å². The molecule has 0 spiro atoms. The highest BCUT2D eigenvalue weighted by Crippen LogP contribution is 2.48. The van der Waals surface area contributed by atoms with Crippen LogP contribution in [0.1, 0.15) is 72.3 Å². The van der Waals surface area contributed by atoms with E-state index in [2.05, 4.69) is 13.2 Å². The van der Waals surface area contributed by atoms with Crippen LogP contribution in [0.5, 0.6) is 5.75 Å². The van der Waals surface area contributed by atoms with Crippen LogP contribution in [0.3, 0.4) is 0 Å². The molecule has 2 aliphatic carbocycles. The van der Waals surface area contributed by atoms with Gasteiger partial charge in [-0.2, -0.15) is 0 Å². The first-order valence-electron chi connectivity index (χ1n) is 12.1. The van der Waals surface area contributed by atoms with E-state index in [1.54, 1.807) is 6.08 Å². The summed E-state index contributed by atoms with van der Waals surface area (Å²) in [5, 5.41) is 0.